The van der Waals surface area contributed by atoms with Gasteiger partial charge in [-0.05, 0) is 24.1 Å². The molecule has 1 fully saturated rings. The van der Waals surface area contributed by atoms with Crippen LogP contribution in [0.5, 0.6) is 0 Å². The predicted octanol–water partition coefficient (Wildman–Crippen LogP) is 0.0543. The number of amides is 3. The van der Waals surface area contributed by atoms with E-state index in [1.807, 2.05) is 0 Å². The fourth-order valence-electron chi connectivity index (χ4n) is 3.76. The Labute approximate surface area is 185 Å². The van der Waals surface area contributed by atoms with Crippen LogP contribution in [-0.2, 0) is 11.3 Å². The van der Waals surface area contributed by atoms with Crippen molar-refractivity contribution in [3.8, 4) is 0 Å². The van der Waals surface area contributed by atoms with Gasteiger partial charge >= 0.3 is 5.76 Å². The molecule has 3 N–H and O–H groups in total. The second kappa shape index (κ2) is 7.89. The first-order valence-corrected chi connectivity index (χ1v) is 10.2. The number of likely N-dealkylation sites (tertiary alicyclic amines) is 1. The molecule has 3 aromatic heterocycles. The summed E-state index contributed by atoms with van der Waals surface area (Å²) in [6.45, 7) is 0.724. The van der Waals surface area contributed by atoms with Crippen molar-refractivity contribution < 1.29 is 18.8 Å². The average molecular weight is 449 g/mol. The van der Waals surface area contributed by atoms with Crippen molar-refractivity contribution in [2.24, 2.45) is 0 Å². The van der Waals surface area contributed by atoms with Crippen LogP contribution in [0.15, 0.2) is 45.7 Å². The quantitative estimate of drug-likeness (QED) is 0.389. The second-order valence-electron chi connectivity index (χ2n) is 7.73. The lowest BCUT2D eigenvalue weighted by Crippen LogP contribution is -2.41. The van der Waals surface area contributed by atoms with Gasteiger partial charge in [0, 0.05) is 32.3 Å². The first-order chi connectivity index (χ1) is 15.9. The Morgan fingerprint density at radius 2 is 2.06 bits per heavy atom. The van der Waals surface area contributed by atoms with Crippen LogP contribution < -0.4 is 16.4 Å². The van der Waals surface area contributed by atoms with Crippen molar-refractivity contribution in [1.29, 1.82) is 0 Å². The third-order valence-electron chi connectivity index (χ3n) is 5.49. The molecule has 1 aliphatic rings. The van der Waals surface area contributed by atoms with E-state index in [1.165, 1.54) is 16.8 Å². The molecule has 0 unspecified atom stereocenters. The highest BCUT2D eigenvalue weighted by Crippen LogP contribution is 2.14. The van der Waals surface area contributed by atoms with Crippen LogP contribution in [-0.4, -0.2) is 61.8 Å². The first kappa shape index (κ1) is 20.4. The summed E-state index contributed by atoms with van der Waals surface area (Å²) in [5, 5.41) is 9.56. The van der Waals surface area contributed by atoms with Crippen molar-refractivity contribution in [3.05, 3.63) is 64.0 Å². The SMILES string of the molecule is CN1CC[C@H](NC(=O)c2cc(C(=O)NCc3ccc4oc(=O)[nH]c4c3)nc3ccnn23)C1=O. The van der Waals surface area contributed by atoms with Crippen LogP contribution >= 0.6 is 0 Å². The monoisotopic (exact) mass is 449 g/mol. The number of hydrogen-bond donors (Lipinski definition) is 3. The molecule has 4 aromatic rings. The van der Waals surface area contributed by atoms with Crippen molar-refractivity contribution in [3.63, 3.8) is 0 Å². The summed E-state index contributed by atoms with van der Waals surface area (Å²) >= 11 is 0. The van der Waals surface area contributed by atoms with Crippen molar-refractivity contribution in [2.75, 3.05) is 13.6 Å². The van der Waals surface area contributed by atoms with Crippen LogP contribution in [0.4, 0.5) is 0 Å². The summed E-state index contributed by atoms with van der Waals surface area (Å²) in [5.74, 6) is -1.74. The minimum absolute atomic E-state index is 0.0285. The fourth-order valence-corrected chi connectivity index (χ4v) is 3.76. The summed E-state index contributed by atoms with van der Waals surface area (Å²) in [6, 6.07) is 7.35. The van der Waals surface area contributed by atoms with E-state index in [0.717, 1.165) is 5.56 Å². The van der Waals surface area contributed by atoms with E-state index in [-0.39, 0.29) is 23.8 Å². The normalized spacial score (nSPS) is 16.0. The van der Waals surface area contributed by atoms with Crippen LogP contribution in [0, 0.1) is 0 Å². The molecule has 12 heteroatoms. The van der Waals surface area contributed by atoms with Crippen LogP contribution in [0.2, 0.25) is 0 Å². The minimum Gasteiger partial charge on any atom is -0.408 e. The molecule has 1 aromatic carbocycles. The van der Waals surface area contributed by atoms with Gasteiger partial charge in [0.25, 0.3) is 11.8 Å². The zero-order valence-corrected chi connectivity index (χ0v) is 17.5. The lowest BCUT2D eigenvalue weighted by atomic mass is 10.2. The maximum Gasteiger partial charge on any atom is 0.417 e. The lowest BCUT2D eigenvalue weighted by molar-refractivity contribution is -0.128. The number of aromatic nitrogens is 4. The number of oxazole rings is 1. The van der Waals surface area contributed by atoms with E-state index in [0.29, 0.717) is 29.7 Å². The Morgan fingerprint density at radius 1 is 1.21 bits per heavy atom. The highest BCUT2D eigenvalue weighted by Gasteiger charge is 2.31. The Morgan fingerprint density at radius 3 is 2.85 bits per heavy atom. The van der Waals surface area contributed by atoms with Gasteiger partial charge in [0.1, 0.15) is 17.4 Å². The summed E-state index contributed by atoms with van der Waals surface area (Å²) in [6.07, 6.45) is 1.98. The maximum atomic E-state index is 12.9. The number of benzene rings is 1. The minimum atomic E-state index is -0.622. The Balaban J connectivity index is 1.36. The number of nitrogens with one attached hydrogen (secondary N) is 3. The van der Waals surface area contributed by atoms with E-state index >= 15 is 0 Å². The molecule has 0 bridgehead atoms. The summed E-state index contributed by atoms with van der Waals surface area (Å²) in [7, 11) is 1.68. The van der Waals surface area contributed by atoms with E-state index in [1.54, 1.807) is 36.2 Å². The molecule has 4 heterocycles. The van der Waals surface area contributed by atoms with E-state index in [9.17, 15) is 19.2 Å². The maximum absolute atomic E-state index is 12.9. The molecule has 1 saturated heterocycles. The van der Waals surface area contributed by atoms with E-state index < -0.39 is 23.6 Å². The highest BCUT2D eigenvalue weighted by molar-refractivity contribution is 6.00. The molecule has 0 saturated carbocycles. The van der Waals surface area contributed by atoms with Gasteiger partial charge in [-0.3, -0.25) is 19.4 Å². The van der Waals surface area contributed by atoms with Gasteiger partial charge in [-0.1, -0.05) is 6.07 Å². The van der Waals surface area contributed by atoms with Gasteiger partial charge in [-0.2, -0.15) is 5.10 Å². The summed E-state index contributed by atoms with van der Waals surface area (Å²) < 4.78 is 6.29. The van der Waals surface area contributed by atoms with Crippen molar-refractivity contribution >= 4 is 34.5 Å². The van der Waals surface area contributed by atoms with Crippen LogP contribution in [0.25, 0.3) is 16.7 Å². The second-order valence-corrected chi connectivity index (χ2v) is 7.73. The van der Waals surface area contributed by atoms with Crippen LogP contribution in [0.1, 0.15) is 33.0 Å². The lowest BCUT2D eigenvalue weighted by Gasteiger charge is -2.13. The molecule has 1 atom stereocenters. The number of fused-ring (bicyclic) bond motifs is 2. The number of likely N-dealkylation sites (N-methyl/N-ethyl adjacent to an activating group) is 1. The number of aromatic amines is 1. The molecule has 0 spiro atoms. The van der Waals surface area contributed by atoms with Gasteiger partial charge < -0.3 is 20.0 Å². The molecule has 0 radical (unpaired) electrons. The largest absolute Gasteiger partial charge is 0.417 e. The van der Waals surface area contributed by atoms with E-state index in [4.69, 9.17) is 4.42 Å². The predicted molar refractivity (Wildman–Crippen MR) is 115 cm³/mol. The van der Waals surface area contributed by atoms with Gasteiger partial charge in [0.15, 0.2) is 11.2 Å². The van der Waals surface area contributed by atoms with Crippen molar-refractivity contribution in [2.45, 2.75) is 19.0 Å². The van der Waals surface area contributed by atoms with Gasteiger partial charge in [-0.15, -0.1) is 0 Å². The smallest absolute Gasteiger partial charge is 0.408 e. The molecule has 12 nitrogen and oxygen atoms in total. The van der Waals surface area contributed by atoms with Gasteiger partial charge in [-0.25, -0.2) is 14.3 Å². The Hall–Kier alpha value is -4.48. The van der Waals surface area contributed by atoms with Crippen LogP contribution in [0.3, 0.4) is 0 Å². The Kier molecular flexibility index (Phi) is 4.89. The number of H-pyrrole nitrogens is 1. The molecular formula is C21H19N7O5. The molecular weight excluding hydrogens is 430 g/mol. The van der Waals surface area contributed by atoms with Gasteiger partial charge in [0.05, 0.1) is 11.7 Å². The zero-order chi connectivity index (χ0) is 23.1. The van der Waals surface area contributed by atoms with Crippen molar-refractivity contribution in [1.82, 2.24) is 35.1 Å². The molecule has 3 amide bonds. The number of rotatable bonds is 5. The highest BCUT2D eigenvalue weighted by atomic mass is 16.4. The standard InChI is InChI=1S/C21H19N7O5/c1-27-7-5-12(20(27)31)25-19(30)15-9-14(24-17-4-6-23-28(15)17)18(29)22-10-11-2-3-16-13(8-11)26-21(32)33-16/h2-4,6,8-9,12H,5,7,10H2,1H3,(H,22,29)(H,25,30)(H,26,32)/t12-/m0/s1. The zero-order valence-electron chi connectivity index (χ0n) is 17.5. The third kappa shape index (κ3) is 3.82. The molecule has 5 rings (SSSR count). The summed E-state index contributed by atoms with van der Waals surface area (Å²) in [5.41, 5.74) is 2.12. The topological polar surface area (TPSA) is 155 Å². The summed E-state index contributed by atoms with van der Waals surface area (Å²) in [4.78, 5) is 57.5. The number of hydrogen-bond acceptors (Lipinski definition) is 7. The number of carbonyl (C=O) groups is 3. The molecule has 33 heavy (non-hydrogen) atoms. The fraction of sp³-hybridized carbons (Fsp3) is 0.238. The number of carbonyl (C=O) groups excluding carboxylic acids is 3. The van der Waals surface area contributed by atoms with Gasteiger partial charge in [0.2, 0.25) is 5.91 Å². The van der Waals surface area contributed by atoms with E-state index in [2.05, 4.69) is 25.7 Å². The molecule has 1 aliphatic heterocycles. The third-order valence-corrected chi connectivity index (χ3v) is 5.49. The molecule has 0 aliphatic carbocycles. The molecule has 168 valence electrons. The average Bonchev–Trinajstić information content (AvgIpc) is 3.50. The number of nitrogens with zero attached hydrogens (tertiary/aromatic N) is 4. The first-order valence-electron chi connectivity index (χ1n) is 10.2. The Bertz CT molecular complexity index is 1470.